The van der Waals surface area contributed by atoms with E-state index in [0.29, 0.717) is 18.7 Å². The lowest BCUT2D eigenvalue weighted by atomic mass is 9.97. The molecule has 0 aliphatic carbocycles. The van der Waals surface area contributed by atoms with Crippen LogP contribution in [0.25, 0.3) is 5.70 Å². The van der Waals surface area contributed by atoms with Crippen molar-refractivity contribution in [2.75, 3.05) is 6.61 Å². The van der Waals surface area contributed by atoms with Gasteiger partial charge in [-0.1, -0.05) is 31.0 Å². The zero-order valence-corrected chi connectivity index (χ0v) is 14.8. The van der Waals surface area contributed by atoms with Crippen LogP contribution in [0.15, 0.2) is 18.2 Å². The number of piperidine rings is 1. The highest BCUT2D eigenvalue weighted by molar-refractivity contribution is 6.02. The second kappa shape index (κ2) is 8.30. The van der Waals surface area contributed by atoms with Crippen molar-refractivity contribution in [3.63, 3.8) is 0 Å². The monoisotopic (exact) mass is 356 g/mol. The minimum Gasteiger partial charge on any atom is -0.396 e. The van der Waals surface area contributed by atoms with Gasteiger partial charge in [0.25, 0.3) is 0 Å². The quantitative estimate of drug-likeness (QED) is 0.440. The molecule has 1 aromatic rings. The average molecular weight is 356 g/mol. The maximum absolute atomic E-state index is 12.2. The Balaban J connectivity index is 1.76. The van der Waals surface area contributed by atoms with E-state index in [2.05, 4.69) is 11.4 Å². The number of aliphatic hydroxyl groups is 1. The maximum Gasteiger partial charge on any atom is 0.249 e. The predicted octanol–water partition coefficient (Wildman–Crippen LogP) is 1.58. The van der Waals surface area contributed by atoms with Gasteiger partial charge < -0.3 is 10.0 Å². The largest absolute Gasteiger partial charge is 0.396 e. The van der Waals surface area contributed by atoms with E-state index in [9.17, 15) is 14.4 Å². The van der Waals surface area contributed by atoms with Gasteiger partial charge in [-0.25, -0.2) is 4.79 Å². The Kier molecular flexibility index (Phi) is 5.86. The zero-order valence-electron chi connectivity index (χ0n) is 14.8. The van der Waals surface area contributed by atoms with Crippen LogP contribution in [0.3, 0.4) is 0 Å². The van der Waals surface area contributed by atoms with Gasteiger partial charge in [0.1, 0.15) is 11.7 Å². The first kappa shape index (κ1) is 18.4. The molecule has 26 heavy (non-hydrogen) atoms. The fraction of sp³-hybridized carbons (Fsp3) is 0.500. The molecule has 0 radical (unpaired) electrons. The van der Waals surface area contributed by atoms with Crippen molar-refractivity contribution in [1.29, 1.82) is 0 Å². The molecule has 0 bridgehead atoms. The highest BCUT2D eigenvalue weighted by atomic mass is 16.3. The van der Waals surface area contributed by atoms with Crippen LogP contribution in [0.4, 0.5) is 0 Å². The van der Waals surface area contributed by atoms with Crippen LogP contribution in [0.1, 0.15) is 55.2 Å². The van der Waals surface area contributed by atoms with Crippen LogP contribution in [0.2, 0.25) is 0 Å². The summed E-state index contributed by atoms with van der Waals surface area (Å²) < 4.78 is 0. The molecule has 1 unspecified atom stereocenters. The Bertz CT molecular complexity index is 752. The van der Waals surface area contributed by atoms with Crippen molar-refractivity contribution in [2.24, 2.45) is 0 Å². The van der Waals surface area contributed by atoms with Crippen molar-refractivity contribution < 1.29 is 19.5 Å². The third kappa shape index (κ3) is 3.71. The number of unbranched alkanes of at least 4 members (excludes halogenated alkanes) is 3. The Morgan fingerprint density at radius 1 is 1.19 bits per heavy atom. The summed E-state index contributed by atoms with van der Waals surface area (Å²) in [7, 11) is 0. The Labute approximate surface area is 152 Å². The first-order valence-corrected chi connectivity index (χ1v) is 9.23. The summed E-state index contributed by atoms with van der Waals surface area (Å²) in [5, 5.41) is 11.2. The second-order valence-corrected chi connectivity index (χ2v) is 6.88. The molecule has 2 N–H and O–H groups in total. The number of amides is 2. The van der Waals surface area contributed by atoms with Crippen molar-refractivity contribution in [3.8, 4) is 0 Å². The molecule has 0 aromatic heterocycles. The van der Waals surface area contributed by atoms with E-state index in [0.717, 1.165) is 43.2 Å². The Hall–Kier alpha value is -2.43. The minimum atomic E-state index is -0.506. The number of aryl methyl sites for hydroxylation is 1. The van der Waals surface area contributed by atoms with Crippen LogP contribution in [-0.4, -0.2) is 40.4 Å². The lowest BCUT2D eigenvalue weighted by Gasteiger charge is -2.30. The van der Waals surface area contributed by atoms with Gasteiger partial charge >= 0.3 is 0 Å². The molecular formula is C20H24N2O4. The van der Waals surface area contributed by atoms with Gasteiger partial charge in [-0.2, -0.15) is 0 Å². The van der Waals surface area contributed by atoms with E-state index in [1.807, 2.05) is 18.1 Å². The van der Waals surface area contributed by atoms with E-state index >= 15 is 0 Å². The van der Waals surface area contributed by atoms with Gasteiger partial charge in [0, 0.05) is 25.1 Å². The first-order chi connectivity index (χ1) is 12.7. The number of nitrogens with zero attached hydrogens (tertiary/aromatic N) is 1. The number of nitrogens with one attached hydrogen (secondary N) is 1. The van der Waals surface area contributed by atoms with Gasteiger partial charge in [-0.05, 0) is 36.8 Å². The third-order valence-corrected chi connectivity index (χ3v) is 5.18. The normalized spacial score (nSPS) is 19.3. The summed E-state index contributed by atoms with van der Waals surface area (Å²) in [5.74, 6) is 1.41. The predicted molar refractivity (Wildman–Crippen MR) is 96.5 cm³/mol. The first-order valence-electron chi connectivity index (χ1n) is 9.23. The number of aliphatic hydroxyl groups excluding tert-OH is 1. The van der Waals surface area contributed by atoms with Crippen LogP contribution in [0.5, 0.6) is 0 Å². The summed E-state index contributed by atoms with van der Waals surface area (Å²) in [6.07, 6.45) is 5.52. The molecule has 0 spiro atoms. The molecule has 6 heteroatoms. The van der Waals surface area contributed by atoms with Crippen molar-refractivity contribution in [1.82, 2.24) is 10.2 Å². The van der Waals surface area contributed by atoms with Gasteiger partial charge in [-0.15, -0.1) is 0 Å². The zero-order chi connectivity index (χ0) is 18.5. The van der Waals surface area contributed by atoms with Crippen LogP contribution >= 0.6 is 0 Å². The van der Waals surface area contributed by atoms with Gasteiger partial charge in [-0.3, -0.25) is 14.9 Å². The number of carbonyl (C=O) groups excluding carboxylic acids is 3. The fourth-order valence-electron chi connectivity index (χ4n) is 3.82. The molecule has 0 saturated carbocycles. The van der Waals surface area contributed by atoms with Gasteiger partial charge in [0.15, 0.2) is 5.94 Å². The Morgan fingerprint density at radius 3 is 2.73 bits per heavy atom. The van der Waals surface area contributed by atoms with Gasteiger partial charge in [0.05, 0.1) is 0 Å². The number of imide groups is 1. The molecule has 2 heterocycles. The number of rotatable bonds is 7. The molecule has 1 atom stereocenters. The molecule has 138 valence electrons. The molecule has 2 amide bonds. The summed E-state index contributed by atoms with van der Waals surface area (Å²) >= 11 is 0. The maximum atomic E-state index is 12.2. The molecule has 1 saturated heterocycles. The van der Waals surface area contributed by atoms with Crippen molar-refractivity contribution >= 4 is 23.5 Å². The SMILES string of the molecule is O=C=C1c2cccc(CCCCCCO)c2CN1C1CCC(=O)NC1=O. The smallest absolute Gasteiger partial charge is 0.249 e. The van der Waals surface area contributed by atoms with E-state index in [1.165, 1.54) is 5.56 Å². The van der Waals surface area contributed by atoms with Gasteiger partial charge in [0.2, 0.25) is 11.8 Å². The number of hydrogen-bond donors (Lipinski definition) is 2. The lowest BCUT2D eigenvalue weighted by molar-refractivity contribution is -0.136. The van der Waals surface area contributed by atoms with Crippen molar-refractivity contribution in [3.05, 3.63) is 34.9 Å². The molecule has 1 fully saturated rings. The minimum absolute atomic E-state index is 0.231. The highest BCUT2D eigenvalue weighted by Gasteiger charge is 2.38. The summed E-state index contributed by atoms with van der Waals surface area (Å²) in [4.78, 5) is 37.0. The molecular weight excluding hydrogens is 332 g/mol. The highest BCUT2D eigenvalue weighted by Crippen LogP contribution is 2.36. The summed E-state index contributed by atoms with van der Waals surface area (Å²) in [6.45, 7) is 0.730. The lowest BCUT2D eigenvalue weighted by Crippen LogP contribution is -2.50. The molecule has 6 nitrogen and oxygen atoms in total. The fourth-order valence-corrected chi connectivity index (χ4v) is 3.82. The molecule has 1 aromatic carbocycles. The van der Waals surface area contributed by atoms with E-state index in [4.69, 9.17) is 5.11 Å². The second-order valence-electron chi connectivity index (χ2n) is 6.88. The van der Waals surface area contributed by atoms with Crippen LogP contribution < -0.4 is 5.32 Å². The molecule has 2 aliphatic rings. The molecule has 3 rings (SSSR count). The van der Waals surface area contributed by atoms with E-state index < -0.39 is 6.04 Å². The molecule has 2 aliphatic heterocycles. The van der Waals surface area contributed by atoms with Crippen molar-refractivity contribution in [2.45, 2.75) is 57.5 Å². The third-order valence-electron chi connectivity index (χ3n) is 5.18. The number of carbonyl (C=O) groups is 2. The number of fused-ring (bicyclic) bond motifs is 1. The Morgan fingerprint density at radius 2 is 2.00 bits per heavy atom. The topological polar surface area (TPSA) is 86.7 Å². The summed E-state index contributed by atoms with van der Waals surface area (Å²) in [5.41, 5.74) is 3.53. The van der Waals surface area contributed by atoms with E-state index in [1.54, 1.807) is 4.90 Å². The number of hydrogen-bond acceptors (Lipinski definition) is 5. The van der Waals surface area contributed by atoms with Crippen LogP contribution in [0, 0.1) is 0 Å². The van der Waals surface area contributed by atoms with Crippen LogP contribution in [-0.2, 0) is 27.3 Å². The number of benzene rings is 1. The standard InChI is InChI=1S/C20H24N2O4/c23-11-4-2-1-3-6-14-7-5-8-15-16(14)12-22(18(15)13-24)17-9-10-19(25)21-20(17)26/h5,7-8,17,23H,1-4,6,9-12H2,(H,21,25,26). The summed E-state index contributed by atoms with van der Waals surface area (Å²) in [6, 6.07) is 5.40. The average Bonchev–Trinajstić information content (AvgIpc) is 3.00. The van der Waals surface area contributed by atoms with E-state index in [-0.39, 0.29) is 24.8 Å².